The second kappa shape index (κ2) is 11.9. The molecule has 0 aliphatic carbocycles. The van der Waals surface area contributed by atoms with Crippen LogP contribution < -0.4 is 5.32 Å². The predicted molar refractivity (Wildman–Crippen MR) is 103 cm³/mol. The van der Waals surface area contributed by atoms with Gasteiger partial charge in [0.2, 0.25) is 0 Å². The second-order valence-corrected chi connectivity index (χ2v) is 6.39. The highest BCUT2D eigenvalue weighted by atomic mass is 16.5. The van der Waals surface area contributed by atoms with Crippen LogP contribution in [-0.2, 0) is 9.47 Å². The van der Waals surface area contributed by atoms with E-state index in [4.69, 9.17) is 14.5 Å². The standard InChI is InChI=1S/C20H33N3O2/c1-3-21-20(22-12-7-8-14-25-16-15-24-2)23-13-11-19(17-23)18-9-5-4-6-10-18/h4-6,9-10,19H,3,7-8,11-17H2,1-2H3,(H,21,22). The summed E-state index contributed by atoms with van der Waals surface area (Å²) < 4.78 is 10.5. The van der Waals surface area contributed by atoms with E-state index in [1.807, 2.05) is 0 Å². The van der Waals surface area contributed by atoms with Gasteiger partial charge in [-0.3, -0.25) is 4.99 Å². The Morgan fingerprint density at radius 3 is 2.80 bits per heavy atom. The van der Waals surface area contributed by atoms with E-state index in [0.717, 1.165) is 51.6 Å². The molecule has 1 aliphatic rings. The van der Waals surface area contributed by atoms with E-state index in [1.165, 1.54) is 12.0 Å². The van der Waals surface area contributed by atoms with Crippen LogP contribution in [-0.4, -0.2) is 64.0 Å². The zero-order valence-electron chi connectivity index (χ0n) is 15.7. The van der Waals surface area contributed by atoms with Gasteiger partial charge in [-0.15, -0.1) is 0 Å². The van der Waals surface area contributed by atoms with Gasteiger partial charge in [-0.05, 0) is 31.7 Å². The first-order chi connectivity index (χ1) is 12.3. The number of aliphatic imine (C=N–C) groups is 1. The fraction of sp³-hybridized carbons (Fsp3) is 0.650. The molecule has 0 aromatic heterocycles. The van der Waals surface area contributed by atoms with E-state index in [-0.39, 0.29) is 0 Å². The number of rotatable bonds is 10. The zero-order chi connectivity index (χ0) is 17.7. The molecular weight excluding hydrogens is 314 g/mol. The molecule has 1 unspecified atom stereocenters. The molecule has 5 nitrogen and oxygen atoms in total. The molecule has 1 heterocycles. The Hall–Kier alpha value is -1.59. The molecule has 2 rings (SSSR count). The Morgan fingerprint density at radius 2 is 2.04 bits per heavy atom. The monoisotopic (exact) mass is 347 g/mol. The first kappa shape index (κ1) is 19.7. The fourth-order valence-electron chi connectivity index (χ4n) is 3.12. The van der Waals surface area contributed by atoms with Gasteiger partial charge in [0.1, 0.15) is 0 Å². The van der Waals surface area contributed by atoms with Crippen LogP contribution in [0, 0.1) is 0 Å². The van der Waals surface area contributed by atoms with Crippen molar-refractivity contribution in [1.29, 1.82) is 0 Å². The summed E-state index contributed by atoms with van der Waals surface area (Å²) in [4.78, 5) is 7.21. The van der Waals surface area contributed by atoms with Gasteiger partial charge in [-0.25, -0.2) is 0 Å². The Morgan fingerprint density at radius 1 is 1.20 bits per heavy atom. The lowest BCUT2D eigenvalue weighted by Gasteiger charge is -2.21. The maximum absolute atomic E-state index is 5.49. The molecule has 0 radical (unpaired) electrons. The Labute approximate surface area is 152 Å². The largest absolute Gasteiger partial charge is 0.382 e. The minimum atomic E-state index is 0.610. The van der Waals surface area contributed by atoms with Gasteiger partial charge in [0.25, 0.3) is 0 Å². The molecule has 0 bridgehead atoms. The summed E-state index contributed by atoms with van der Waals surface area (Å²) in [5.41, 5.74) is 1.44. The van der Waals surface area contributed by atoms with Crippen molar-refractivity contribution >= 4 is 5.96 Å². The summed E-state index contributed by atoms with van der Waals surface area (Å²) in [6, 6.07) is 10.8. The van der Waals surface area contributed by atoms with Crippen LogP contribution in [0.1, 0.15) is 37.7 Å². The van der Waals surface area contributed by atoms with Crippen LogP contribution in [0.15, 0.2) is 35.3 Å². The molecular formula is C20H33N3O2. The summed E-state index contributed by atoms with van der Waals surface area (Å²) in [5, 5.41) is 3.44. The molecule has 1 aromatic rings. The summed E-state index contributed by atoms with van der Waals surface area (Å²) >= 11 is 0. The Kier molecular flexibility index (Phi) is 9.37. The van der Waals surface area contributed by atoms with Gasteiger partial charge >= 0.3 is 0 Å². The molecule has 1 aliphatic heterocycles. The van der Waals surface area contributed by atoms with E-state index in [0.29, 0.717) is 19.1 Å². The lowest BCUT2D eigenvalue weighted by Crippen LogP contribution is -2.40. The normalized spacial score (nSPS) is 17.9. The summed E-state index contributed by atoms with van der Waals surface area (Å²) in [7, 11) is 1.70. The van der Waals surface area contributed by atoms with Gasteiger partial charge in [-0.1, -0.05) is 30.3 Å². The predicted octanol–water partition coefficient (Wildman–Crippen LogP) is 2.88. The molecule has 1 fully saturated rings. The highest BCUT2D eigenvalue weighted by molar-refractivity contribution is 5.80. The van der Waals surface area contributed by atoms with E-state index < -0.39 is 0 Å². The summed E-state index contributed by atoms with van der Waals surface area (Å²) in [6.07, 6.45) is 3.29. The number of ether oxygens (including phenoxy) is 2. The van der Waals surface area contributed by atoms with Crippen molar-refractivity contribution in [1.82, 2.24) is 10.2 Å². The van der Waals surface area contributed by atoms with Crippen molar-refractivity contribution in [3.63, 3.8) is 0 Å². The minimum Gasteiger partial charge on any atom is -0.382 e. The van der Waals surface area contributed by atoms with Crippen LogP contribution in [0.2, 0.25) is 0 Å². The van der Waals surface area contributed by atoms with E-state index in [9.17, 15) is 0 Å². The molecule has 25 heavy (non-hydrogen) atoms. The lowest BCUT2D eigenvalue weighted by atomic mass is 9.99. The third-order valence-electron chi connectivity index (χ3n) is 4.48. The molecule has 1 saturated heterocycles. The lowest BCUT2D eigenvalue weighted by molar-refractivity contribution is 0.0690. The number of guanidine groups is 1. The van der Waals surface area contributed by atoms with Gasteiger partial charge < -0.3 is 19.7 Å². The van der Waals surface area contributed by atoms with Crippen LogP contribution in [0.5, 0.6) is 0 Å². The Bertz CT molecular complexity index is 493. The van der Waals surface area contributed by atoms with E-state index in [1.54, 1.807) is 7.11 Å². The quantitative estimate of drug-likeness (QED) is 0.402. The number of nitrogens with one attached hydrogen (secondary N) is 1. The minimum absolute atomic E-state index is 0.610. The third-order valence-corrected chi connectivity index (χ3v) is 4.48. The van der Waals surface area contributed by atoms with Crippen molar-refractivity contribution in [2.45, 2.75) is 32.1 Å². The number of benzene rings is 1. The van der Waals surface area contributed by atoms with Gasteiger partial charge in [-0.2, -0.15) is 0 Å². The number of nitrogens with zero attached hydrogens (tertiary/aromatic N) is 2. The highest BCUT2D eigenvalue weighted by Crippen LogP contribution is 2.26. The molecule has 0 amide bonds. The first-order valence-electron chi connectivity index (χ1n) is 9.50. The number of unbranched alkanes of at least 4 members (excludes halogenated alkanes) is 1. The zero-order valence-corrected chi connectivity index (χ0v) is 15.7. The topological polar surface area (TPSA) is 46.1 Å². The van der Waals surface area contributed by atoms with Crippen molar-refractivity contribution in [3.8, 4) is 0 Å². The molecule has 1 aromatic carbocycles. The van der Waals surface area contributed by atoms with Crippen LogP contribution in [0.3, 0.4) is 0 Å². The first-order valence-corrected chi connectivity index (χ1v) is 9.50. The maximum atomic E-state index is 5.49. The summed E-state index contributed by atoms with van der Waals surface area (Å²) in [6.45, 7) is 8.14. The molecule has 1 N–H and O–H groups in total. The molecule has 0 spiro atoms. The van der Waals surface area contributed by atoms with Crippen LogP contribution >= 0.6 is 0 Å². The van der Waals surface area contributed by atoms with Crippen molar-refractivity contribution in [2.24, 2.45) is 4.99 Å². The number of methoxy groups -OCH3 is 1. The van der Waals surface area contributed by atoms with Gasteiger partial charge in [0, 0.05) is 45.8 Å². The number of hydrogen-bond donors (Lipinski definition) is 1. The molecule has 140 valence electrons. The van der Waals surface area contributed by atoms with Crippen molar-refractivity contribution in [2.75, 3.05) is 53.1 Å². The number of hydrogen-bond acceptors (Lipinski definition) is 3. The Balaban J connectivity index is 1.74. The second-order valence-electron chi connectivity index (χ2n) is 6.39. The third kappa shape index (κ3) is 7.04. The fourth-order valence-corrected chi connectivity index (χ4v) is 3.12. The summed E-state index contributed by atoms with van der Waals surface area (Å²) in [5.74, 6) is 1.67. The highest BCUT2D eigenvalue weighted by Gasteiger charge is 2.25. The molecule has 0 saturated carbocycles. The smallest absolute Gasteiger partial charge is 0.193 e. The van der Waals surface area contributed by atoms with Gasteiger partial charge in [0.05, 0.1) is 13.2 Å². The average Bonchev–Trinajstić information content (AvgIpc) is 3.14. The van der Waals surface area contributed by atoms with Gasteiger partial charge in [0.15, 0.2) is 5.96 Å². The molecule has 1 atom stereocenters. The van der Waals surface area contributed by atoms with E-state index >= 15 is 0 Å². The van der Waals surface area contributed by atoms with Crippen molar-refractivity contribution in [3.05, 3.63) is 35.9 Å². The average molecular weight is 348 g/mol. The molecule has 5 heteroatoms. The SMILES string of the molecule is CCNC(=NCCCCOCCOC)N1CCC(c2ccccc2)C1. The maximum Gasteiger partial charge on any atom is 0.193 e. The number of likely N-dealkylation sites (tertiary alicyclic amines) is 1. The van der Waals surface area contributed by atoms with Crippen molar-refractivity contribution < 1.29 is 9.47 Å². The van der Waals surface area contributed by atoms with E-state index in [2.05, 4.69) is 47.5 Å². The van der Waals surface area contributed by atoms with Crippen LogP contribution in [0.25, 0.3) is 0 Å². The van der Waals surface area contributed by atoms with Crippen LogP contribution in [0.4, 0.5) is 0 Å².